The minimum absolute atomic E-state index is 0.0975. The second-order valence-corrected chi connectivity index (χ2v) is 5.63. The number of rotatable bonds is 9. The number of hydrogen-bond donors (Lipinski definition) is 0. The van der Waals surface area contributed by atoms with Crippen LogP contribution in [0.4, 0.5) is 0 Å². The molecule has 1 rings (SSSR count). The van der Waals surface area contributed by atoms with Crippen molar-refractivity contribution in [2.75, 3.05) is 6.61 Å². The Balaban J connectivity index is 2.34. The van der Waals surface area contributed by atoms with Gasteiger partial charge in [0, 0.05) is 18.8 Å². The highest BCUT2D eigenvalue weighted by Crippen LogP contribution is 2.35. The van der Waals surface area contributed by atoms with Gasteiger partial charge in [-0.15, -0.1) is 0 Å². The smallest absolute Gasteiger partial charge is 0.306 e. The first kappa shape index (κ1) is 16.9. The lowest BCUT2D eigenvalue weighted by atomic mass is 9.88. The van der Waals surface area contributed by atoms with E-state index in [1.807, 2.05) is 19.1 Å². The maximum atomic E-state index is 11.9. The standard InChI is InChI=1S/C17H28O3/c1-3-5-7-9-15-14(10-11-16(15)18)13-17(19)20-12-8-6-4-2/h6,8,14-15H,3-5,7,9-13H2,1-2H3/t14-,15+/m0/s1. The number of ketones is 1. The summed E-state index contributed by atoms with van der Waals surface area (Å²) >= 11 is 0. The minimum Gasteiger partial charge on any atom is -0.461 e. The van der Waals surface area contributed by atoms with Gasteiger partial charge in [0.1, 0.15) is 12.4 Å². The molecule has 3 heteroatoms. The summed E-state index contributed by atoms with van der Waals surface area (Å²) in [5.74, 6) is 0.498. The summed E-state index contributed by atoms with van der Waals surface area (Å²) in [7, 11) is 0. The lowest BCUT2D eigenvalue weighted by Crippen LogP contribution is -2.19. The molecular weight excluding hydrogens is 252 g/mol. The summed E-state index contributed by atoms with van der Waals surface area (Å²) in [6.07, 6.45) is 11.1. The van der Waals surface area contributed by atoms with Crippen LogP contribution in [-0.4, -0.2) is 18.4 Å². The van der Waals surface area contributed by atoms with Crippen LogP contribution in [0.15, 0.2) is 12.2 Å². The van der Waals surface area contributed by atoms with Gasteiger partial charge in [-0.25, -0.2) is 0 Å². The molecule has 1 aliphatic rings. The molecule has 0 unspecified atom stereocenters. The van der Waals surface area contributed by atoms with Crippen LogP contribution in [0.3, 0.4) is 0 Å². The molecule has 0 saturated heterocycles. The van der Waals surface area contributed by atoms with Crippen molar-refractivity contribution in [3.63, 3.8) is 0 Å². The van der Waals surface area contributed by atoms with Crippen LogP contribution in [0.5, 0.6) is 0 Å². The van der Waals surface area contributed by atoms with Crippen LogP contribution in [0.1, 0.15) is 65.2 Å². The Kier molecular flexibility index (Phi) is 8.24. The van der Waals surface area contributed by atoms with Gasteiger partial charge in [0.05, 0.1) is 0 Å². The zero-order valence-corrected chi connectivity index (χ0v) is 12.9. The number of allylic oxidation sites excluding steroid dienone is 1. The van der Waals surface area contributed by atoms with Crippen molar-refractivity contribution in [3.05, 3.63) is 12.2 Å². The predicted molar refractivity (Wildman–Crippen MR) is 80.4 cm³/mol. The summed E-state index contributed by atoms with van der Waals surface area (Å²) in [6, 6.07) is 0. The second kappa shape index (κ2) is 9.73. The number of unbranched alkanes of at least 4 members (excludes halogenated alkanes) is 2. The van der Waals surface area contributed by atoms with Crippen LogP contribution in [0, 0.1) is 11.8 Å². The number of carbonyl (C=O) groups is 2. The maximum Gasteiger partial charge on any atom is 0.306 e. The Hall–Kier alpha value is -1.12. The van der Waals surface area contributed by atoms with Crippen LogP contribution in [0.2, 0.25) is 0 Å². The summed E-state index contributed by atoms with van der Waals surface area (Å²) in [5, 5.41) is 0. The molecule has 0 amide bonds. The lowest BCUT2D eigenvalue weighted by Gasteiger charge is -2.17. The number of hydrogen-bond acceptors (Lipinski definition) is 3. The van der Waals surface area contributed by atoms with E-state index in [0.717, 1.165) is 32.1 Å². The van der Waals surface area contributed by atoms with Gasteiger partial charge in [-0.05, 0) is 25.2 Å². The molecule has 0 heterocycles. The number of ether oxygens (including phenoxy) is 1. The van der Waals surface area contributed by atoms with Gasteiger partial charge in [-0.3, -0.25) is 9.59 Å². The maximum absolute atomic E-state index is 11.9. The normalized spacial score (nSPS) is 22.6. The van der Waals surface area contributed by atoms with E-state index in [1.54, 1.807) is 0 Å². The first-order chi connectivity index (χ1) is 9.69. The number of Topliss-reactive ketones (excluding diaryl/α,β-unsaturated/α-hetero) is 1. The topological polar surface area (TPSA) is 43.4 Å². The molecule has 1 saturated carbocycles. The summed E-state index contributed by atoms with van der Waals surface area (Å²) in [4.78, 5) is 23.7. The molecule has 0 radical (unpaired) electrons. The van der Waals surface area contributed by atoms with Crippen molar-refractivity contribution in [1.82, 2.24) is 0 Å². The fourth-order valence-corrected chi connectivity index (χ4v) is 2.88. The van der Waals surface area contributed by atoms with Crippen LogP contribution >= 0.6 is 0 Å². The van der Waals surface area contributed by atoms with Crippen LogP contribution < -0.4 is 0 Å². The van der Waals surface area contributed by atoms with Crippen LogP contribution in [0.25, 0.3) is 0 Å². The summed E-state index contributed by atoms with van der Waals surface area (Å²) in [5.41, 5.74) is 0. The molecule has 1 fully saturated rings. The van der Waals surface area contributed by atoms with Crippen molar-refractivity contribution >= 4 is 11.8 Å². The van der Waals surface area contributed by atoms with Crippen molar-refractivity contribution in [2.45, 2.75) is 65.2 Å². The third kappa shape index (κ3) is 5.89. The van der Waals surface area contributed by atoms with E-state index in [-0.39, 0.29) is 17.8 Å². The van der Waals surface area contributed by atoms with Crippen LogP contribution in [-0.2, 0) is 14.3 Å². The molecule has 0 N–H and O–H groups in total. The van der Waals surface area contributed by atoms with E-state index in [4.69, 9.17) is 4.74 Å². The zero-order valence-electron chi connectivity index (χ0n) is 12.9. The molecule has 0 bridgehead atoms. The van der Waals surface area contributed by atoms with Gasteiger partial charge >= 0.3 is 5.97 Å². The van der Waals surface area contributed by atoms with E-state index in [0.29, 0.717) is 25.2 Å². The zero-order chi connectivity index (χ0) is 14.8. The Bertz CT molecular complexity index is 333. The monoisotopic (exact) mass is 280 g/mol. The second-order valence-electron chi connectivity index (χ2n) is 5.63. The van der Waals surface area contributed by atoms with Crippen molar-refractivity contribution < 1.29 is 14.3 Å². The lowest BCUT2D eigenvalue weighted by molar-refractivity contribution is -0.143. The third-order valence-electron chi connectivity index (χ3n) is 4.03. The average Bonchev–Trinajstić information content (AvgIpc) is 2.77. The molecule has 0 aliphatic heterocycles. The van der Waals surface area contributed by atoms with Gasteiger partial charge < -0.3 is 4.74 Å². The quantitative estimate of drug-likeness (QED) is 0.363. The molecule has 0 aromatic carbocycles. The molecular formula is C17H28O3. The average molecular weight is 280 g/mol. The molecule has 114 valence electrons. The molecule has 3 nitrogen and oxygen atoms in total. The highest BCUT2D eigenvalue weighted by atomic mass is 16.5. The number of esters is 1. The van der Waals surface area contributed by atoms with E-state index in [2.05, 4.69) is 6.92 Å². The fraction of sp³-hybridized carbons (Fsp3) is 0.765. The van der Waals surface area contributed by atoms with E-state index < -0.39 is 0 Å². The Morgan fingerprint density at radius 2 is 2.10 bits per heavy atom. The fourth-order valence-electron chi connectivity index (χ4n) is 2.88. The molecule has 0 spiro atoms. The molecule has 0 aromatic heterocycles. The first-order valence-corrected chi connectivity index (χ1v) is 8.02. The van der Waals surface area contributed by atoms with Crippen molar-refractivity contribution in [1.29, 1.82) is 0 Å². The highest BCUT2D eigenvalue weighted by molar-refractivity contribution is 5.84. The first-order valence-electron chi connectivity index (χ1n) is 8.02. The number of carbonyl (C=O) groups excluding carboxylic acids is 2. The molecule has 20 heavy (non-hydrogen) atoms. The Morgan fingerprint density at radius 1 is 1.30 bits per heavy atom. The summed E-state index contributed by atoms with van der Waals surface area (Å²) < 4.78 is 5.18. The highest BCUT2D eigenvalue weighted by Gasteiger charge is 2.35. The third-order valence-corrected chi connectivity index (χ3v) is 4.03. The van der Waals surface area contributed by atoms with E-state index >= 15 is 0 Å². The molecule has 0 aromatic rings. The van der Waals surface area contributed by atoms with Gasteiger partial charge in [0.2, 0.25) is 0 Å². The Morgan fingerprint density at radius 3 is 2.80 bits per heavy atom. The molecule has 1 aliphatic carbocycles. The largest absolute Gasteiger partial charge is 0.461 e. The summed E-state index contributed by atoms with van der Waals surface area (Å²) in [6.45, 7) is 4.56. The van der Waals surface area contributed by atoms with Crippen molar-refractivity contribution in [3.8, 4) is 0 Å². The molecule has 2 atom stereocenters. The van der Waals surface area contributed by atoms with Gasteiger partial charge in [-0.2, -0.15) is 0 Å². The van der Waals surface area contributed by atoms with Crippen molar-refractivity contribution in [2.24, 2.45) is 11.8 Å². The predicted octanol–water partition coefficient (Wildman–Crippen LogP) is 4.06. The minimum atomic E-state index is -0.161. The van der Waals surface area contributed by atoms with Gasteiger partial charge in [0.25, 0.3) is 0 Å². The van der Waals surface area contributed by atoms with E-state index in [1.165, 1.54) is 6.42 Å². The van der Waals surface area contributed by atoms with Gasteiger partial charge in [-0.1, -0.05) is 45.3 Å². The van der Waals surface area contributed by atoms with E-state index in [9.17, 15) is 9.59 Å². The van der Waals surface area contributed by atoms with Gasteiger partial charge in [0.15, 0.2) is 0 Å². The Labute approximate surface area is 122 Å². The SMILES string of the molecule is CCC=CCOC(=O)C[C@@H]1CCC(=O)[C@@H]1CCCCC.